The van der Waals surface area contributed by atoms with E-state index in [1.165, 1.54) is 4.90 Å². The molecule has 0 saturated heterocycles. The van der Waals surface area contributed by atoms with Gasteiger partial charge in [0, 0.05) is 32.0 Å². The standard InChI is InChI=1S/C14H15N3O2/c1-17(2)14(18)13-9-12(7-8-16-13)19-11-5-3-10(15)4-6-11/h3-9H,15H2,1-2H3. The molecule has 2 N–H and O–H groups in total. The molecule has 98 valence electrons. The summed E-state index contributed by atoms with van der Waals surface area (Å²) < 4.78 is 5.64. The smallest absolute Gasteiger partial charge is 0.272 e. The Morgan fingerprint density at radius 3 is 2.47 bits per heavy atom. The molecule has 1 amide bonds. The maximum Gasteiger partial charge on any atom is 0.272 e. The van der Waals surface area contributed by atoms with Crippen LogP contribution in [0.5, 0.6) is 11.5 Å². The van der Waals surface area contributed by atoms with Gasteiger partial charge in [-0.15, -0.1) is 0 Å². The fraction of sp³-hybridized carbons (Fsp3) is 0.143. The third kappa shape index (κ3) is 3.22. The van der Waals surface area contributed by atoms with E-state index in [2.05, 4.69) is 4.98 Å². The molecule has 0 atom stereocenters. The molecule has 0 fully saturated rings. The van der Waals surface area contributed by atoms with Crippen LogP contribution < -0.4 is 10.5 Å². The van der Waals surface area contributed by atoms with Gasteiger partial charge in [0.2, 0.25) is 0 Å². The van der Waals surface area contributed by atoms with Gasteiger partial charge in [0.25, 0.3) is 5.91 Å². The summed E-state index contributed by atoms with van der Waals surface area (Å²) in [6.45, 7) is 0. The highest BCUT2D eigenvalue weighted by Crippen LogP contribution is 2.22. The molecule has 0 spiro atoms. The number of carbonyl (C=O) groups excluding carboxylic acids is 1. The van der Waals surface area contributed by atoms with Gasteiger partial charge in [0.05, 0.1) is 0 Å². The van der Waals surface area contributed by atoms with E-state index in [0.29, 0.717) is 22.9 Å². The van der Waals surface area contributed by atoms with Gasteiger partial charge < -0.3 is 15.4 Å². The Kier molecular flexibility index (Phi) is 3.66. The second-order valence-electron chi connectivity index (χ2n) is 4.25. The summed E-state index contributed by atoms with van der Waals surface area (Å²) in [5.41, 5.74) is 6.62. The van der Waals surface area contributed by atoms with Gasteiger partial charge in [-0.05, 0) is 30.3 Å². The van der Waals surface area contributed by atoms with Gasteiger partial charge in [0.15, 0.2) is 0 Å². The lowest BCUT2D eigenvalue weighted by molar-refractivity contribution is 0.0821. The fourth-order valence-electron chi connectivity index (χ4n) is 1.49. The first-order chi connectivity index (χ1) is 9.06. The van der Waals surface area contributed by atoms with Gasteiger partial charge >= 0.3 is 0 Å². The van der Waals surface area contributed by atoms with Crippen LogP contribution >= 0.6 is 0 Å². The number of nitrogen functional groups attached to an aromatic ring is 1. The lowest BCUT2D eigenvalue weighted by Crippen LogP contribution is -2.22. The number of hydrogen-bond donors (Lipinski definition) is 1. The predicted octanol–water partition coefficient (Wildman–Crippen LogP) is 2.16. The number of aromatic nitrogens is 1. The molecule has 1 aromatic heterocycles. The highest BCUT2D eigenvalue weighted by atomic mass is 16.5. The van der Waals surface area contributed by atoms with Gasteiger partial charge in [-0.1, -0.05) is 0 Å². The Balaban J connectivity index is 2.19. The summed E-state index contributed by atoms with van der Waals surface area (Å²) in [5, 5.41) is 0. The van der Waals surface area contributed by atoms with Crippen molar-refractivity contribution in [1.29, 1.82) is 0 Å². The van der Waals surface area contributed by atoms with E-state index in [1.807, 2.05) is 0 Å². The molecule has 5 heteroatoms. The van der Waals surface area contributed by atoms with Crippen molar-refractivity contribution >= 4 is 11.6 Å². The van der Waals surface area contributed by atoms with E-state index >= 15 is 0 Å². The first kappa shape index (κ1) is 12.9. The van der Waals surface area contributed by atoms with Crippen molar-refractivity contribution in [3.05, 3.63) is 48.3 Å². The van der Waals surface area contributed by atoms with Crippen LogP contribution in [0.2, 0.25) is 0 Å². The number of benzene rings is 1. The van der Waals surface area contributed by atoms with E-state index in [0.717, 1.165) is 0 Å². The number of carbonyl (C=O) groups is 1. The van der Waals surface area contributed by atoms with E-state index in [-0.39, 0.29) is 5.91 Å². The number of nitrogens with zero attached hydrogens (tertiary/aromatic N) is 2. The zero-order chi connectivity index (χ0) is 13.8. The van der Waals surface area contributed by atoms with Crippen molar-refractivity contribution in [1.82, 2.24) is 9.88 Å². The molecule has 2 rings (SSSR count). The minimum absolute atomic E-state index is 0.164. The molecule has 0 aliphatic carbocycles. The number of rotatable bonds is 3. The van der Waals surface area contributed by atoms with E-state index in [4.69, 9.17) is 10.5 Å². The third-order valence-corrected chi connectivity index (χ3v) is 2.47. The summed E-state index contributed by atoms with van der Waals surface area (Å²) in [6.07, 6.45) is 1.55. The fourth-order valence-corrected chi connectivity index (χ4v) is 1.49. The summed E-state index contributed by atoms with van der Waals surface area (Å²) in [6, 6.07) is 10.3. The molecule has 1 aromatic carbocycles. The molecule has 2 aromatic rings. The third-order valence-electron chi connectivity index (χ3n) is 2.47. The highest BCUT2D eigenvalue weighted by Gasteiger charge is 2.10. The second kappa shape index (κ2) is 5.39. The summed E-state index contributed by atoms with van der Waals surface area (Å²) in [4.78, 5) is 17.3. The second-order valence-corrected chi connectivity index (χ2v) is 4.25. The zero-order valence-electron chi connectivity index (χ0n) is 10.8. The molecule has 5 nitrogen and oxygen atoms in total. The predicted molar refractivity (Wildman–Crippen MR) is 73.2 cm³/mol. The molecule has 0 unspecified atom stereocenters. The topological polar surface area (TPSA) is 68.5 Å². The average molecular weight is 257 g/mol. The first-order valence-corrected chi connectivity index (χ1v) is 5.77. The number of ether oxygens (including phenoxy) is 1. The zero-order valence-corrected chi connectivity index (χ0v) is 10.8. The lowest BCUT2D eigenvalue weighted by atomic mass is 10.3. The molecule has 0 aliphatic rings. The van der Waals surface area contributed by atoms with E-state index < -0.39 is 0 Å². The van der Waals surface area contributed by atoms with E-state index in [9.17, 15) is 4.79 Å². The van der Waals surface area contributed by atoms with Crippen LogP contribution in [0.25, 0.3) is 0 Å². The van der Waals surface area contributed by atoms with Crippen molar-refractivity contribution in [2.45, 2.75) is 0 Å². The number of anilines is 1. The molecule has 0 saturated carbocycles. The van der Waals surface area contributed by atoms with Gasteiger partial charge in [0.1, 0.15) is 17.2 Å². The van der Waals surface area contributed by atoms with Crippen LogP contribution in [-0.2, 0) is 0 Å². The number of hydrogen-bond acceptors (Lipinski definition) is 4. The summed E-state index contributed by atoms with van der Waals surface area (Å²) >= 11 is 0. The van der Waals surface area contributed by atoms with Crippen LogP contribution in [-0.4, -0.2) is 29.9 Å². The number of pyridine rings is 1. The maximum atomic E-state index is 11.8. The van der Waals surface area contributed by atoms with Gasteiger partial charge in [-0.2, -0.15) is 0 Å². The first-order valence-electron chi connectivity index (χ1n) is 5.77. The molecule has 0 bridgehead atoms. The number of nitrogens with two attached hydrogens (primary N) is 1. The van der Waals surface area contributed by atoms with Gasteiger partial charge in [-0.3, -0.25) is 9.78 Å². The highest BCUT2D eigenvalue weighted by molar-refractivity contribution is 5.92. The van der Waals surface area contributed by atoms with Gasteiger partial charge in [-0.25, -0.2) is 0 Å². The largest absolute Gasteiger partial charge is 0.457 e. The number of amides is 1. The van der Waals surface area contributed by atoms with Crippen molar-refractivity contribution in [3.8, 4) is 11.5 Å². The molecule has 1 heterocycles. The minimum atomic E-state index is -0.164. The summed E-state index contributed by atoms with van der Waals surface area (Å²) in [5.74, 6) is 1.05. The van der Waals surface area contributed by atoms with E-state index in [1.54, 1.807) is 56.7 Å². The van der Waals surface area contributed by atoms with Crippen LogP contribution in [0.1, 0.15) is 10.5 Å². The molecule has 19 heavy (non-hydrogen) atoms. The SMILES string of the molecule is CN(C)C(=O)c1cc(Oc2ccc(N)cc2)ccn1. The monoisotopic (exact) mass is 257 g/mol. The van der Waals surface area contributed by atoms with Crippen molar-refractivity contribution in [3.63, 3.8) is 0 Å². The molecule has 0 radical (unpaired) electrons. The Morgan fingerprint density at radius 1 is 1.16 bits per heavy atom. The Hall–Kier alpha value is -2.56. The van der Waals surface area contributed by atoms with Crippen LogP contribution in [0.3, 0.4) is 0 Å². The Labute approximate surface area is 111 Å². The van der Waals surface area contributed by atoms with Crippen LogP contribution in [0, 0.1) is 0 Å². The minimum Gasteiger partial charge on any atom is -0.457 e. The lowest BCUT2D eigenvalue weighted by Gasteiger charge is -2.11. The quantitative estimate of drug-likeness (QED) is 0.855. The van der Waals surface area contributed by atoms with Crippen molar-refractivity contribution in [2.75, 3.05) is 19.8 Å². The van der Waals surface area contributed by atoms with Crippen molar-refractivity contribution < 1.29 is 9.53 Å². The van der Waals surface area contributed by atoms with Crippen LogP contribution in [0.4, 0.5) is 5.69 Å². The normalized spacial score (nSPS) is 10.0. The maximum absolute atomic E-state index is 11.8. The Bertz CT molecular complexity index is 579. The Morgan fingerprint density at radius 2 is 1.84 bits per heavy atom. The summed E-state index contributed by atoms with van der Waals surface area (Å²) in [7, 11) is 3.36. The van der Waals surface area contributed by atoms with Crippen molar-refractivity contribution in [2.24, 2.45) is 0 Å². The molecular formula is C14H15N3O2. The molecular weight excluding hydrogens is 242 g/mol. The van der Waals surface area contributed by atoms with Crippen LogP contribution in [0.15, 0.2) is 42.6 Å². The average Bonchev–Trinajstić information content (AvgIpc) is 2.41. The molecule has 0 aliphatic heterocycles.